The molecule has 1 aliphatic heterocycles. The van der Waals surface area contributed by atoms with Crippen LogP contribution < -0.4 is 16.0 Å². The summed E-state index contributed by atoms with van der Waals surface area (Å²) < 4.78 is 0. The lowest BCUT2D eigenvalue weighted by molar-refractivity contribution is -0.142. The summed E-state index contributed by atoms with van der Waals surface area (Å²) in [5.41, 5.74) is 0.984. The van der Waals surface area contributed by atoms with Gasteiger partial charge in [0.15, 0.2) is 0 Å². The molecule has 222 valence electrons. The van der Waals surface area contributed by atoms with E-state index in [-0.39, 0.29) is 42.1 Å². The van der Waals surface area contributed by atoms with Gasteiger partial charge >= 0.3 is 0 Å². The van der Waals surface area contributed by atoms with E-state index in [1.807, 2.05) is 32.0 Å². The lowest BCUT2D eigenvalue weighted by Crippen LogP contribution is -2.54. The molecule has 7 nitrogen and oxygen atoms in total. The predicted octanol–water partition coefficient (Wildman–Crippen LogP) is 4.86. The Morgan fingerprint density at radius 3 is 2.38 bits per heavy atom. The summed E-state index contributed by atoms with van der Waals surface area (Å²) in [6, 6.07) is 13.3. The van der Waals surface area contributed by atoms with Crippen molar-refractivity contribution in [1.82, 2.24) is 20.9 Å². The number of benzene rings is 2. The van der Waals surface area contributed by atoms with Crippen LogP contribution >= 0.6 is 12.4 Å². The highest BCUT2D eigenvalue weighted by Gasteiger charge is 2.37. The molecule has 1 heterocycles. The molecule has 1 fully saturated rings. The molecule has 3 amide bonds. The highest BCUT2D eigenvalue weighted by atomic mass is 35.5. The van der Waals surface area contributed by atoms with Crippen LogP contribution in [-0.4, -0.2) is 60.4 Å². The van der Waals surface area contributed by atoms with Gasteiger partial charge in [-0.05, 0) is 67.8 Å². The molecular weight excluding hydrogens is 524 g/mol. The third-order valence-corrected chi connectivity index (χ3v) is 7.81. The minimum atomic E-state index is -0.719. The van der Waals surface area contributed by atoms with Crippen LogP contribution in [0.15, 0.2) is 42.5 Å². The van der Waals surface area contributed by atoms with Crippen LogP contribution in [0, 0.1) is 11.8 Å². The fourth-order valence-corrected chi connectivity index (χ4v) is 5.33. The Kier molecular flexibility index (Phi) is 13.9. The Labute approximate surface area is 246 Å². The fourth-order valence-electron chi connectivity index (χ4n) is 5.33. The SMILES string of the molecule is CCC(CC)C(=O)N1CCC[C@H]1C(=O)N[C@H](Cc1ccc2ccccc2c1)C(=O)NCCC(C)NCC(C)C.Cl. The normalized spacial score (nSPS) is 16.6. The molecule has 3 rings (SSSR count). The first-order valence-electron chi connectivity index (χ1n) is 14.8. The molecule has 3 atom stereocenters. The van der Waals surface area contributed by atoms with E-state index >= 15 is 0 Å². The average Bonchev–Trinajstić information content (AvgIpc) is 3.42. The lowest BCUT2D eigenvalue weighted by atomic mass is 10.00. The zero-order chi connectivity index (χ0) is 28.4. The van der Waals surface area contributed by atoms with E-state index in [0.717, 1.165) is 48.6 Å². The van der Waals surface area contributed by atoms with Crippen LogP contribution in [0.25, 0.3) is 10.8 Å². The number of nitrogens with zero attached hydrogens (tertiary/aromatic N) is 1. The molecular formula is C32H49ClN4O3. The van der Waals surface area contributed by atoms with Crippen molar-refractivity contribution in [3.8, 4) is 0 Å². The highest BCUT2D eigenvalue weighted by molar-refractivity contribution is 5.93. The van der Waals surface area contributed by atoms with Gasteiger partial charge in [-0.25, -0.2) is 0 Å². The highest BCUT2D eigenvalue weighted by Crippen LogP contribution is 2.23. The van der Waals surface area contributed by atoms with Gasteiger partial charge in [0, 0.05) is 31.5 Å². The van der Waals surface area contributed by atoms with Crippen molar-refractivity contribution in [2.45, 2.75) is 91.3 Å². The Bertz CT molecular complexity index is 1100. The number of halogens is 1. The Morgan fingerprint density at radius 1 is 1.00 bits per heavy atom. The Morgan fingerprint density at radius 2 is 1.70 bits per heavy atom. The average molecular weight is 573 g/mol. The molecule has 40 heavy (non-hydrogen) atoms. The van der Waals surface area contributed by atoms with E-state index in [2.05, 4.69) is 61.0 Å². The first-order chi connectivity index (χ1) is 18.7. The van der Waals surface area contributed by atoms with Crippen molar-refractivity contribution >= 4 is 40.9 Å². The minimum absolute atomic E-state index is 0. The number of hydrogen-bond acceptors (Lipinski definition) is 4. The van der Waals surface area contributed by atoms with Crippen LogP contribution in [0.1, 0.15) is 72.3 Å². The van der Waals surface area contributed by atoms with E-state index in [1.165, 1.54) is 0 Å². The predicted molar refractivity (Wildman–Crippen MR) is 166 cm³/mol. The molecule has 0 aliphatic carbocycles. The molecule has 1 saturated heterocycles. The van der Waals surface area contributed by atoms with Gasteiger partial charge in [0.05, 0.1) is 0 Å². The maximum atomic E-state index is 13.5. The maximum absolute atomic E-state index is 13.5. The van der Waals surface area contributed by atoms with Gasteiger partial charge < -0.3 is 20.9 Å². The number of carbonyl (C=O) groups is 3. The van der Waals surface area contributed by atoms with Crippen LogP contribution in [-0.2, 0) is 20.8 Å². The number of rotatable bonds is 14. The molecule has 3 N–H and O–H groups in total. The number of nitrogens with one attached hydrogen (secondary N) is 3. The van der Waals surface area contributed by atoms with Gasteiger partial charge in [-0.15, -0.1) is 12.4 Å². The van der Waals surface area contributed by atoms with Gasteiger partial charge in [-0.1, -0.05) is 70.2 Å². The molecule has 1 unspecified atom stereocenters. The van der Waals surface area contributed by atoms with Crippen molar-refractivity contribution in [3.63, 3.8) is 0 Å². The largest absolute Gasteiger partial charge is 0.354 e. The van der Waals surface area contributed by atoms with Crippen molar-refractivity contribution in [2.75, 3.05) is 19.6 Å². The second-order valence-corrected chi connectivity index (χ2v) is 11.4. The summed E-state index contributed by atoms with van der Waals surface area (Å²) in [4.78, 5) is 41.8. The molecule has 2 aromatic carbocycles. The molecule has 0 bridgehead atoms. The summed E-state index contributed by atoms with van der Waals surface area (Å²) in [7, 11) is 0. The van der Waals surface area contributed by atoms with Crippen LogP contribution in [0.4, 0.5) is 0 Å². The first-order valence-corrected chi connectivity index (χ1v) is 14.8. The van der Waals surface area contributed by atoms with Crippen LogP contribution in [0.5, 0.6) is 0 Å². The summed E-state index contributed by atoms with van der Waals surface area (Å²) in [5.74, 6) is 0.121. The van der Waals surface area contributed by atoms with E-state index < -0.39 is 12.1 Å². The second-order valence-electron chi connectivity index (χ2n) is 11.4. The van der Waals surface area contributed by atoms with Gasteiger partial charge in [0.25, 0.3) is 0 Å². The van der Waals surface area contributed by atoms with Gasteiger partial charge in [0.2, 0.25) is 17.7 Å². The monoisotopic (exact) mass is 572 g/mol. The van der Waals surface area contributed by atoms with Crippen molar-refractivity contribution in [1.29, 1.82) is 0 Å². The molecule has 0 radical (unpaired) electrons. The first kappa shape index (κ1) is 33.6. The lowest BCUT2D eigenvalue weighted by Gasteiger charge is -2.29. The van der Waals surface area contributed by atoms with Crippen molar-refractivity contribution in [2.24, 2.45) is 11.8 Å². The van der Waals surface area contributed by atoms with Crippen molar-refractivity contribution in [3.05, 3.63) is 48.0 Å². The van der Waals surface area contributed by atoms with E-state index in [9.17, 15) is 14.4 Å². The fraction of sp³-hybridized carbons (Fsp3) is 0.594. The summed E-state index contributed by atoms with van der Waals surface area (Å²) in [6.45, 7) is 12.5. The standard InChI is InChI=1S/C32H48N4O3.ClH/c1-6-25(7-2)32(39)36-18-10-13-29(36)31(38)35-28(30(37)33-17-16-23(5)34-21-22(3)4)20-24-14-15-26-11-8-9-12-27(26)19-24;/h8-9,11-12,14-15,19,22-23,25,28-29,34H,6-7,10,13,16-18,20-21H2,1-5H3,(H,33,37)(H,35,38);1H/t23?,28-,29+;/m1./s1. The number of fused-ring (bicyclic) bond motifs is 1. The van der Waals surface area contributed by atoms with E-state index in [0.29, 0.717) is 31.8 Å². The van der Waals surface area contributed by atoms with Gasteiger partial charge in [0.1, 0.15) is 12.1 Å². The second kappa shape index (κ2) is 16.6. The van der Waals surface area contributed by atoms with E-state index in [4.69, 9.17) is 0 Å². The maximum Gasteiger partial charge on any atom is 0.243 e. The quantitative estimate of drug-likeness (QED) is 0.302. The number of likely N-dealkylation sites (tertiary alicyclic amines) is 1. The third kappa shape index (κ3) is 9.48. The van der Waals surface area contributed by atoms with Crippen LogP contribution in [0.2, 0.25) is 0 Å². The topological polar surface area (TPSA) is 90.5 Å². The molecule has 0 saturated carbocycles. The smallest absolute Gasteiger partial charge is 0.243 e. The minimum Gasteiger partial charge on any atom is -0.354 e. The van der Waals surface area contributed by atoms with Gasteiger partial charge in [-0.3, -0.25) is 14.4 Å². The van der Waals surface area contributed by atoms with Gasteiger partial charge in [-0.2, -0.15) is 0 Å². The third-order valence-electron chi connectivity index (χ3n) is 7.81. The molecule has 2 aromatic rings. The molecule has 8 heteroatoms. The molecule has 0 aromatic heterocycles. The molecule has 1 aliphatic rings. The molecule has 0 spiro atoms. The number of hydrogen-bond donors (Lipinski definition) is 3. The van der Waals surface area contributed by atoms with Crippen LogP contribution in [0.3, 0.4) is 0 Å². The summed E-state index contributed by atoms with van der Waals surface area (Å²) in [6.07, 6.45) is 4.13. The summed E-state index contributed by atoms with van der Waals surface area (Å²) in [5, 5.41) is 11.8. The zero-order valence-corrected chi connectivity index (χ0v) is 25.7. The Hall–Kier alpha value is -2.64. The summed E-state index contributed by atoms with van der Waals surface area (Å²) >= 11 is 0. The zero-order valence-electron chi connectivity index (χ0n) is 24.9. The van der Waals surface area contributed by atoms with Crippen molar-refractivity contribution < 1.29 is 14.4 Å². The number of carbonyl (C=O) groups excluding carboxylic acids is 3. The Balaban J connectivity index is 0.00000560. The number of amides is 3. The van der Waals surface area contributed by atoms with E-state index in [1.54, 1.807) is 4.90 Å².